The van der Waals surface area contributed by atoms with E-state index in [-0.39, 0.29) is 17.1 Å². The third kappa shape index (κ3) is 1.85. The lowest BCUT2D eigenvalue weighted by Crippen LogP contribution is -2.13. The Hall–Kier alpha value is -1.39. The maximum absolute atomic E-state index is 10.1. The molecule has 0 spiro atoms. The number of nitrogens with one attached hydrogen (secondary N) is 1. The van der Waals surface area contributed by atoms with Gasteiger partial charge in [0.05, 0.1) is 10.6 Å². The predicted molar refractivity (Wildman–Crippen MR) is 37.3 cm³/mol. The van der Waals surface area contributed by atoms with Gasteiger partial charge in [-0.1, -0.05) is 0 Å². The van der Waals surface area contributed by atoms with Crippen LogP contribution in [0.15, 0.2) is 11.4 Å². The van der Waals surface area contributed by atoms with Gasteiger partial charge in [0.1, 0.15) is 5.71 Å². The van der Waals surface area contributed by atoms with Gasteiger partial charge in [-0.3, -0.25) is 15.5 Å². The molecule has 0 aromatic rings. The summed E-state index contributed by atoms with van der Waals surface area (Å²) in [6.07, 6.45) is 0. The molecular weight excluding hydrogens is 134 g/mol. The quantitative estimate of drug-likeness (QED) is 0.334. The van der Waals surface area contributed by atoms with E-state index in [0.717, 1.165) is 0 Å². The molecule has 0 radical (unpaired) electrons. The molecule has 0 unspecified atom stereocenters. The fourth-order valence-corrected chi connectivity index (χ4v) is 0.577. The fraction of sp³-hybridized carbons (Fsp3) is 0.400. The van der Waals surface area contributed by atoms with Crippen molar-refractivity contribution < 1.29 is 4.92 Å². The molecule has 5 nitrogen and oxygen atoms in total. The summed E-state index contributed by atoms with van der Waals surface area (Å²) < 4.78 is 0. The van der Waals surface area contributed by atoms with E-state index in [2.05, 4.69) is 0 Å². The van der Waals surface area contributed by atoms with Crippen molar-refractivity contribution in [1.29, 1.82) is 5.41 Å². The Morgan fingerprint density at radius 1 is 1.60 bits per heavy atom. The van der Waals surface area contributed by atoms with Gasteiger partial charge >= 0.3 is 5.70 Å². The first-order chi connectivity index (χ1) is 4.46. The Morgan fingerprint density at radius 2 is 2.00 bits per heavy atom. The van der Waals surface area contributed by atoms with Gasteiger partial charge < -0.3 is 5.73 Å². The van der Waals surface area contributed by atoms with Crippen LogP contribution in [0.4, 0.5) is 0 Å². The van der Waals surface area contributed by atoms with E-state index in [1.807, 2.05) is 0 Å². The molecule has 0 rings (SSSR count). The number of nitrogens with two attached hydrogens (primary N) is 1. The van der Waals surface area contributed by atoms with Crippen molar-refractivity contribution in [2.45, 2.75) is 13.8 Å². The van der Waals surface area contributed by atoms with Crippen LogP contribution in [-0.2, 0) is 0 Å². The van der Waals surface area contributed by atoms with Crippen molar-refractivity contribution in [3.63, 3.8) is 0 Å². The summed E-state index contributed by atoms with van der Waals surface area (Å²) in [7, 11) is 0. The van der Waals surface area contributed by atoms with Crippen LogP contribution in [0.2, 0.25) is 0 Å². The molecule has 0 aliphatic carbocycles. The minimum atomic E-state index is -0.655. The van der Waals surface area contributed by atoms with Crippen molar-refractivity contribution in [2.24, 2.45) is 5.73 Å². The lowest BCUT2D eigenvalue weighted by atomic mass is 10.2. The van der Waals surface area contributed by atoms with Gasteiger partial charge in [-0.2, -0.15) is 0 Å². The largest absolute Gasteiger partial charge is 0.397 e. The second kappa shape index (κ2) is 2.95. The van der Waals surface area contributed by atoms with Crippen LogP contribution < -0.4 is 5.73 Å². The van der Waals surface area contributed by atoms with Gasteiger partial charge in [0, 0.05) is 0 Å². The molecule has 5 heteroatoms. The highest BCUT2D eigenvalue weighted by Crippen LogP contribution is 2.00. The molecule has 0 aliphatic heterocycles. The third-order valence-corrected chi connectivity index (χ3v) is 0.911. The van der Waals surface area contributed by atoms with Crippen LogP contribution in [0.25, 0.3) is 0 Å². The highest BCUT2D eigenvalue weighted by molar-refractivity contribution is 5.93. The van der Waals surface area contributed by atoms with Crippen LogP contribution in [-0.4, -0.2) is 10.6 Å². The SMILES string of the molecule is CC(=N)/C(=C(/C)N)[N+](=O)[O-]. The van der Waals surface area contributed by atoms with Gasteiger partial charge in [0.2, 0.25) is 0 Å². The first-order valence-electron chi connectivity index (χ1n) is 2.63. The zero-order valence-electron chi connectivity index (χ0n) is 5.84. The lowest BCUT2D eigenvalue weighted by Gasteiger charge is -1.95. The highest BCUT2D eigenvalue weighted by Gasteiger charge is 2.15. The molecule has 0 fully saturated rings. The molecule has 0 amide bonds. The van der Waals surface area contributed by atoms with E-state index in [4.69, 9.17) is 11.1 Å². The molecule has 0 saturated heterocycles. The van der Waals surface area contributed by atoms with Crippen molar-refractivity contribution in [3.8, 4) is 0 Å². The van der Waals surface area contributed by atoms with Gasteiger partial charge in [0.25, 0.3) is 0 Å². The predicted octanol–water partition coefficient (Wildman–Crippen LogP) is 0.493. The number of hydrogen-bond acceptors (Lipinski definition) is 4. The molecule has 0 bridgehead atoms. The minimum absolute atomic E-state index is 0.0671. The van der Waals surface area contributed by atoms with Gasteiger partial charge in [-0.25, -0.2) is 0 Å². The summed E-state index contributed by atoms with van der Waals surface area (Å²) in [5.74, 6) is 0. The second-order valence-corrected chi connectivity index (χ2v) is 1.91. The molecule has 0 atom stereocenters. The molecule has 3 N–H and O–H groups in total. The van der Waals surface area contributed by atoms with Crippen molar-refractivity contribution in [3.05, 3.63) is 21.5 Å². The first-order valence-corrected chi connectivity index (χ1v) is 2.63. The second-order valence-electron chi connectivity index (χ2n) is 1.91. The van der Waals surface area contributed by atoms with Crippen molar-refractivity contribution in [2.75, 3.05) is 0 Å². The molecular formula is C5H9N3O2. The Bertz CT molecular complexity index is 187. The molecule has 10 heavy (non-hydrogen) atoms. The highest BCUT2D eigenvalue weighted by atomic mass is 16.6. The van der Waals surface area contributed by atoms with E-state index in [1.54, 1.807) is 0 Å². The standard InChI is InChI=1S/C5H9N3O2/c1-3(6)5(4(2)7)8(9)10/h6H,7H2,1-2H3/b5-4+,6-3?. The van der Waals surface area contributed by atoms with Gasteiger partial charge in [-0.15, -0.1) is 0 Å². The Kier molecular flexibility index (Phi) is 2.54. The topological polar surface area (TPSA) is 93.0 Å². The smallest absolute Gasteiger partial charge is 0.307 e. The van der Waals surface area contributed by atoms with Gasteiger partial charge in [0.15, 0.2) is 0 Å². The Morgan fingerprint density at radius 3 is 2.00 bits per heavy atom. The summed E-state index contributed by atoms with van der Waals surface area (Å²) in [5.41, 5.74) is 4.78. The summed E-state index contributed by atoms with van der Waals surface area (Å²) in [6, 6.07) is 0. The van der Waals surface area contributed by atoms with Crippen molar-refractivity contribution in [1.82, 2.24) is 0 Å². The van der Waals surface area contributed by atoms with E-state index in [0.29, 0.717) is 0 Å². The average molecular weight is 143 g/mol. The monoisotopic (exact) mass is 143 g/mol. The molecule has 0 aromatic heterocycles. The molecule has 0 saturated carbocycles. The zero-order chi connectivity index (χ0) is 8.31. The van der Waals surface area contributed by atoms with E-state index in [1.165, 1.54) is 13.8 Å². The van der Waals surface area contributed by atoms with Crippen LogP contribution in [0, 0.1) is 15.5 Å². The minimum Gasteiger partial charge on any atom is -0.397 e. The van der Waals surface area contributed by atoms with Crippen LogP contribution in [0.5, 0.6) is 0 Å². The van der Waals surface area contributed by atoms with E-state index in [9.17, 15) is 10.1 Å². The van der Waals surface area contributed by atoms with E-state index < -0.39 is 4.92 Å². The third-order valence-electron chi connectivity index (χ3n) is 0.911. The molecule has 0 aromatic carbocycles. The Balaban J connectivity index is 4.79. The zero-order valence-corrected chi connectivity index (χ0v) is 5.84. The van der Waals surface area contributed by atoms with E-state index >= 15 is 0 Å². The van der Waals surface area contributed by atoms with Crippen LogP contribution in [0.3, 0.4) is 0 Å². The number of nitrogens with zero attached hydrogens (tertiary/aromatic N) is 1. The number of allylic oxidation sites excluding steroid dienone is 2. The maximum Gasteiger partial charge on any atom is 0.307 e. The normalized spacial score (nSPS) is 12.2. The Labute approximate surface area is 58.2 Å². The number of hydrogen-bond donors (Lipinski definition) is 2. The fourth-order valence-electron chi connectivity index (χ4n) is 0.577. The van der Waals surface area contributed by atoms with Crippen LogP contribution >= 0.6 is 0 Å². The first kappa shape index (κ1) is 8.61. The van der Waals surface area contributed by atoms with Crippen molar-refractivity contribution >= 4 is 5.71 Å². The molecule has 0 aliphatic rings. The lowest BCUT2D eigenvalue weighted by molar-refractivity contribution is -0.416. The summed E-state index contributed by atoms with van der Waals surface area (Å²) >= 11 is 0. The average Bonchev–Trinajstić information content (AvgIpc) is 1.59. The molecule has 56 valence electrons. The number of rotatable bonds is 2. The van der Waals surface area contributed by atoms with Crippen LogP contribution in [0.1, 0.15) is 13.8 Å². The summed E-state index contributed by atoms with van der Waals surface area (Å²) in [4.78, 5) is 9.45. The number of nitro groups is 1. The van der Waals surface area contributed by atoms with Gasteiger partial charge in [-0.05, 0) is 13.8 Å². The maximum atomic E-state index is 10.1. The summed E-state index contributed by atoms with van der Waals surface area (Å²) in [5, 5.41) is 17.0. The molecule has 0 heterocycles. The summed E-state index contributed by atoms with van der Waals surface area (Å²) in [6.45, 7) is 2.73.